The second-order valence-electron chi connectivity index (χ2n) is 8.77. The summed E-state index contributed by atoms with van der Waals surface area (Å²) >= 11 is 0. The van der Waals surface area contributed by atoms with Crippen LogP contribution < -0.4 is 4.72 Å². The predicted octanol–water partition coefficient (Wildman–Crippen LogP) is 2.52. The van der Waals surface area contributed by atoms with E-state index in [0.29, 0.717) is 18.9 Å². The van der Waals surface area contributed by atoms with Crippen LogP contribution in [0.25, 0.3) is 0 Å². The maximum absolute atomic E-state index is 12.7. The van der Waals surface area contributed by atoms with E-state index < -0.39 is 22.2 Å². The first-order valence-corrected chi connectivity index (χ1v) is 12.7. The van der Waals surface area contributed by atoms with Crippen LogP contribution in [0.15, 0.2) is 35.4 Å². The van der Waals surface area contributed by atoms with Gasteiger partial charge in [-0.3, -0.25) is 4.68 Å². The van der Waals surface area contributed by atoms with Crippen LogP contribution in [-0.2, 0) is 21.3 Å². The van der Waals surface area contributed by atoms with Crippen LogP contribution in [0.3, 0.4) is 0 Å². The number of ether oxygens (including phenoxy) is 1. The zero-order chi connectivity index (χ0) is 21.8. The molecule has 2 fully saturated rings. The fourth-order valence-electron chi connectivity index (χ4n) is 4.57. The number of aryl methyl sites for hydroxylation is 2. The summed E-state index contributed by atoms with van der Waals surface area (Å²) in [5.41, 5.74) is 2.08. The summed E-state index contributed by atoms with van der Waals surface area (Å²) in [6.45, 7) is 2.38. The van der Waals surface area contributed by atoms with E-state index in [1.165, 1.54) is 25.7 Å². The largest absolute Gasteiger partial charge is 0.394 e. The van der Waals surface area contributed by atoms with Crippen molar-refractivity contribution in [2.24, 2.45) is 0 Å². The maximum Gasteiger partial charge on any atom is 0.240 e. The Bertz CT molecular complexity index is 954. The highest BCUT2D eigenvalue weighted by molar-refractivity contribution is 7.89. The summed E-state index contributed by atoms with van der Waals surface area (Å²) in [5, 5.41) is 18.4. The number of sulfonamides is 1. The molecule has 1 aliphatic carbocycles. The third-order valence-corrected chi connectivity index (χ3v) is 7.95. The van der Waals surface area contributed by atoms with Crippen molar-refractivity contribution in [3.05, 3.63) is 41.7 Å². The Kier molecular flexibility index (Phi) is 7.05. The lowest BCUT2D eigenvalue weighted by Crippen LogP contribution is -2.50. The van der Waals surface area contributed by atoms with Gasteiger partial charge in [-0.25, -0.2) is 13.1 Å². The van der Waals surface area contributed by atoms with Crippen molar-refractivity contribution in [1.29, 1.82) is 0 Å². The molecule has 3 atom stereocenters. The van der Waals surface area contributed by atoms with Crippen LogP contribution in [0.1, 0.15) is 62.1 Å². The highest BCUT2D eigenvalue weighted by Gasteiger charge is 2.34. The molecule has 1 saturated carbocycles. The number of nitrogens with zero attached hydrogens (tertiary/aromatic N) is 3. The van der Waals surface area contributed by atoms with Crippen molar-refractivity contribution in [2.45, 2.75) is 87.5 Å². The molecule has 0 amide bonds. The molecule has 170 valence electrons. The number of rotatable bonds is 8. The first-order chi connectivity index (χ1) is 14.9. The third-order valence-electron chi connectivity index (χ3n) is 6.44. The summed E-state index contributed by atoms with van der Waals surface area (Å²) < 4.78 is 36.1. The minimum absolute atomic E-state index is 0.0450. The molecule has 0 bridgehead atoms. The molecular formula is C22H32N4O4S. The van der Waals surface area contributed by atoms with Crippen molar-refractivity contribution >= 4 is 10.0 Å². The number of nitrogens with one attached hydrogen (secondary N) is 1. The SMILES string of the molecule is Cc1ccc(S(=O)(=O)N[C@H]2CC[C@@H](CCn3cc(C4CCCC4)nn3)O[C@@H]2CO)cc1. The summed E-state index contributed by atoms with van der Waals surface area (Å²) in [6, 6.07) is 6.28. The standard InChI is InChI=1S/C22H32N4O4S/c1-16-6-9-19(10-7-16)31(28,29)24-20-11-8-18(30-22(20)15-27)12-13-26-14-21(23-25-26)17-4-2-3-5-17/h6-7,9-10,14,17-18,20,22,24,27H,2-5,8,11-13,15H2,1H3/t18-,20-,22+/m0/s1. The lowest BCUT2D eigenvalue weighted by Gasteiger charge is -2.36. The number of aliphatic hydroxyl groups is 1. The van der Waals surface area contributed by atoms with E-state index in [2.05, 4.69) is 15.0 Å². The molecule has 0 radical (unpaired) electrons. The van der Waals surface area contributed by atoms with Gasteiger partial charge in [0.2, 0.25) is 10.0 Å². The summed E-state index contributed by atoms with van der Waals surface area (Å²) in [5.74, 6) is 0.542. The van der Waals surface area contributed by atoms with E-state index in [4.69, 9.17) is 4.74 Å². The van der Waals surface area contributed by atoms with Crippen molar-refractivity contribution in [1.82, 2.24) is 19.7 Å². The molecular weight excluding hydrogens is 416 g/mol. The van der Waals surface area contributed by atoms with E-state index in [1.807, 2.05) is 17.8 Å². The first kappa shape index (κ1) is 22.4. The molecule has 2 aromatic rings. The zero-order valence-electron chi connectivity index (χ0n) is 18.0. The molecule has 8 nitrogen and oxygen atoms in total. The van der Waals surface area contributed by atoms with Gasteiger partial charge < -0.3 is 9.84 Å². The predicted molar refractivity (Wildman–Crippen MR) is 116 cm³/mol. The van der Waals surface area contributed by atoms with Crippen LogP contribution in [0.5, 0.6) is 0 Å². The summed E-state index contributed by atoms with van der Waals surface area (Å²) in [6.07, 6.45) is 8.45. The monoisotopic (exact) mass is 448 g/mol. The fraction of sp³-hybridized carbons (Fsp3) is 0.636. The van der Waals surface area contributed by atoms with Gasteiger partial charge in [0.1, 0.15) is 0 Å². The van der Waals surface area contributed by atoms with E-state index in [1.54, 1.807) is 24.3 Å². The smallest absolute Gasteiger partial charge is 0.240 e. The first-order valence-electron chi connectivity index (χ1n) is 11.2. The Morgan fingerprint density at radius 1 is 1.16 bits per heavy atom. The minimum Gasteiger partial charge on any atom is -0.394 e. The number of hydrogen-bond acceptors (Lipinski definition) is 6. The number of benzene rings is 1. The van der Waals surface area contributed by atoms with E-state index >= 15 is 0 Å². The Labute approximate surface area is 184 Å². The van der Waals surface area contributed by atoms with Crippen molar-refractivity contribution in [2.75, 3.05) is 6.61 Å². The molecule has 1 aromatic carbocycles. The quantitative estimate of drug-likeness (QED) is 0.643. The number of aromatic nitrogens is 3. The van der Waals surface area contributed by atoms with E-state index in [9.17, 15) is 13.5 Å². The van der Waals surface area contributed by atoms with Gasteiger partial charge in [-0.05, 0) is 51.2 Å². The minimum atomic E-state index is -3.66. The van der Waals surface area contributed by atoms with Gasteiger partial charge in [-0.1, -0.05) is 35.8 Å². The normalized spacial score (nSPS) is 25.2. The average molecular weight is 449 g/mol. The van der Waals surface area contributed by atoms with Crippen molar-refractivity contribution in [3.63, 3.8) is 0 Å². The number of hydrogen-bond donors (Lipinski definition) is 2. The van der Waals surface area contributed by atoms with Crippen LogP contribution in [0.2, 0.25) is 0 Å². The molecule has 1 saturated heterocycles. The van der Waals surface area contributed by atoms with Gasteiger partial charge in [0.25, 0.3) is 0 Å². The van der Waals surface area contributed by atoms with Gasteiger partial charge in [0, 0.05) is 18.7 Å². The van der Waals surface area contributed by atoms with Gasteiger partial charge in [0.15, 0.2) is 0 Å². The highest BCUT2D eigenvalue weighted by atomic mass is 32.2. The van der Waals surface area contributed by atoms with Gasteiger partial charge in [0.05, 0.1) is 35.4 Å². The molecule has 0 spiro atoms. The van der Waals surface area contributed by atoms with E-state index in [-0.39, 0.29) is 17.6 Å². The topological polar surface area (TPSA) is 106 Å². The second-order valence-corrected chi connectivity index (χ2v) is 10.5. The fourth-order valence-corrected chi connectivity index (χ4v) is 5.87. The molecule has 2 aliphatic rings. The molecule has 2 heterocycles. The molecule has 9 heteroatoms. The van der Waals surface area contributed by atoms with E-state index in [0.717, 1.165) is 24.1 Å². The molecule has 1 aromatic heterocycles. The van der Waals surface area contributed by atoms with Crippen LogP contribution in [0, 0.1) is 6.92 Å². The lowest BCUT2D eigenvalue weighted by molar-refractivity contribution is -0.0891. The summed E-state index contributed by atoms with van der Waals surface area (Å²) in [4.78, 5) is 0.223. The van der Waals surface area contributed by atoms with Gasteiger partial charge in [-0.15, -0.1) is 5.10 Å². The lowest BCUT2D eigenvalue weighted by atomic mass is 9.98. The van der Waals surface area contributed by atoms with Crippen LogP contribution >= 0.6 is 0 Å². The zero-order valence-corrected chi connectivity index (χ0v) is 18.8. The maximum atomic E-state index is 12.7. The molecule has 0 unspecified atom stereocenters. The Morgan fingerprint density at radius 2 is 1.90 bits per heavy atom. The molecule has 1 aliphatic heterocycles. The van der Waals surface area contributed by atoms with Crippen molar-refractivity contribution in [3.8, 4) is 0 Å². The second kappa shape index (κ2) is 9.77. The highest BCUT2D eigenvalue weighted by Crippen LogP contribution is 2.32. The molecule has 4 rings (SSSR count). The summed E-state index contributed by atoms with van der Waals surface area (Å²) in [7, 11) is -3.66. The van der Waals surface area contributed by atoms with Crippen LogP contribution in [-0.4, -0.2) is 53.4 Å². The number of aliphatic hydroxyl groups excluding tert-OH is 1. The average Bonchev–Trinajstić information content (AvgIpc) is 3.45. The molecule has 31 heavy (non-hydrogen) atoms. The third kappa shape index (κ3) is 5.52. The van der Waals surface area contributed by atoms with Gasteiger partial charge >= 0.3 is 0 Å². The Hall–Kier alpha value is -1.81. The Balaban J connectivity index is 1.30. The van der Waals surface area contributed by atoms with Gasteiger partial charge in [-0.2, -0.15) is 0 Å². The van der Waals surface area contributed by atoms with Crippen molar-refractivity contribution < 1.29 is 18.3 Å². The van der Waals surface area contributed by atoms with Crippen LogP contribution in [0.4, 0.5) is 0 Å². The Morgan fingerprint density at radius 3 is 2.61 bits per heavy atom. The molecule has 2 N–H and O–H groups in total.